The van der Waals surface area contributed by atoms with Gasteiger partial charge in [0.15, 0.2) is 29.5 Å². The van der Waals surface area contributed by atoms with E-state index < -0.39 is 64.5 Å². The molecule has 9 atom stereocenters. The molecule has 4 aliphatic rings. The van der Waals surface area contributed by atoms with Gasteiger partial charge in [0.2, 0.25) is 0 Å². The summed E-state index contributed by atoms with van der Waals surface area (Å²) in [5.41, 5.74) is 3.37. The molecule has 1 heterocycles. The second kappa shape index (κ2) is 34.6. The van der Waals surface area contributed by atoms with E-state index in [1.165, 1.54) is 43.2 Å². The second-order valence-corrected chi connectivity index (χ2v) is 26.2. The van der Waals surface area contributed by atoms with Crippen LogP contribution in [0.15, 0.2) is 108 Å². The van der Waals surface area contributed by atoms with Gasteiger partial charge in [-0.25, -0.2) is 27.2 Å². The van der Waals surface area contributed by atoms with Crippen molar-refractivity contribution in [2.45, 2.75) is 205 Å². The number of phenols is 1. The maximum Gasteiger partial charge on any atom is 0.364 e. The smallest absolute Gasteiger partial charge is 0.364 e. The molecular weight excluding hydrogens is 1180 g/mol. The highest BCUT2D eigenvalue weighted by atomic mass is 32.2. The molecule has 0 radical (unpaired) electrons. The Morgan fingerprint density at radius 1 is 0.727 bits per heavy atom. The Balaban J connectivity index is 0.000000248. The number of carbonyl (C=O) groups is 5. The Morgan fingerprint density at radius 3 is 1.74 bits per heavy atom. The molecule has 0 aromatic heterocycles. The molecule has 1 saturated heterocycles. The lowest BCUT2D eigenvalue weighted by molar-refractivity contribution is -0.172. The number of carbonyl (C=O) groups excluding carboxylic acids is 5. The zero-order valence-corrected chi connectivity index (χ0v) is 54.4. The van der Waals surface area contributed by atoms with Crippen LogP contribution in [0.3, 0.4) is 0 Å². The maximum atomic E-state index is 13.2. The third-order valence-electron chi connectivity index (χ3n) is 17.3. The Labute approximate surface area is 524 Å². The molecule has 1 N–H and O–H groups in total. The van der Waals surface area contributed by atoms with E-state index >= 15 is 0 Å². The van der Waals surface area contributed by atoms with Crippen molar-refractivity contribution in [2.24, 2.45) is 29.1 Å². The number of fused-ring (bicyclic) bond motifs is 1. The minimum atomic E-state index is -6.13. The third-order valence-corrected chi connectivity index (χ3v) is 18.5. The first-order valence-corrected chi connectivity index (χ1v) is 32.5. The van der Waals surface area contributed by atoms with E-state index in [2.05, 4.69) is 72.3 Å². The number of hydrogen-bond acceptors (Lipinski definition) is 16. The van der Waals surface area contributed by atoms with Crippen molar-refractivity contribution in [3.05, 3.63) is 125 Å². The quantitative estimate of drug-likeness (QED) is 0.0335. The monoisotopic (exact) mass is 1270 g/mol. The normalized spacial score (nSPS) is 19.9. The molecule has 0 amide bonds. The van der Waals surface area contributed by atoms with Crippen LogP contribution in [-0.4, -0.2) is 97.0 Å². The van der Waals surface area contributed by atoms with Gasteiger partial charge >= 0.3 is 35.1 Å². The van der Waals surface area contributed by atoms with Gasteiger partial charge in [0.1, 0.15) is 29.3 Å². The predicted molar refractivity (Wildman–Crippen MR) is 330 cm³/mol. The molecular formula is C68H91F3O15S2-2. The standard InChI is InChI=1S/C20H30O2.C16H21F3O6S.C16H22O6.C10H14O.C6H6S/c1-5-15(2)16-11-13-17(14-12-16)19(21)22-20(3,4)18-9-7-6-8-10-18;1-3-11(2)12-4-6-13(7-5-12)25-10-15(20)24-9-8-14(17)16(18,19)26(21,22)23;1-4-16(2,3)15(19)20-7-11(17)21-12-8-5-9-10(6-8)14(18)22-13(9)12;1-3-8(2)9-4-6-10(11)7-5-9;7-6-4-2-1-3-5-6/h11-15,18H,5-10H2,1-4H3;4-7,11,14H,3,8-10H2,1-2H3,(H,21,22,23);8-10,12-13H,4-7H2,1-3H3;4-8,11H,3H2,1-2H3;1-5,7H/p-2. The topological polar surface area (TPSA) is 218 Å². The molecule has 88 heavy (non-hydrogen) atoms. The molecule has 4 aromatic carbocycles. The average molecular weight is 1270 g/mol. The fraction of sp³-hybridized carbons (Fsp3) is 0.574. The van der Waals surface area contributed by atoms with E-state index in [4.69, 9.17) is 41.4 Å². The van der Waals surface area contributed by atoms with Crippen molar-refractivity contribution < 1.29 is 83.6 Å². The van der Waals surface area contributed by atoms with E-state index in [1.807, 2.05) is 73.7 Å². The van der Waals surface area contributed by atoms with Crippen molar-refractivity contribution in [1.29, 1.82) is 0 Å². The fourth-order valence-corrected chi connectivity index (χ4v) is 11.0. The largest absolute Gasteiger partial charge is 0.780 e. The molecule has 3 aliphatic carbocycles. The van der Waals surface area contributed by atoms with Gasteiger partial charge in [-0.1, -0.05) is 134 Å². The second-order valence-electron chi connectivity index (χ2n) is 24.3. The van der Waals surface area contributed by atoms with E-state index in [0.29, 0.717) is 47.2 Å². The van der Waals surface area contributed by atoms with E-state index in [9.17, 15) is 50.1 Å². The predicted octanol–water partition coefficient (Wildman–Crippen LogP) is 14.7. The summed E-state index contributed by atoms with van der Waals surface area (Å²) < 4.78 is 101. The van der Waals surface area contributed by atoms with Crippen LogP contribution in [0, 0.1) is 29.1 Å². The van der Waals surface area contributed by atoms with Crippen molar-refractivity contribution in [1.82, 2.24) is 0 Å². The molecule has 4 fully saturated rings. The molecule has 8 rings (SSSR count). The zero-order valence-electron chi connectivity index (χ0n) is 52.8. The number of benzene rings is 4. The van der Waals surface area contributed by atoms with Crippen LogP contribution >= 0.6 is 0 Å². The molecule has 9 unspecified atom stereocenters. The van der Waals surface area contributed by atoms with Crippen molar-refractivity contribution in [3.63, 3.8) is 0 Å². The van der Waals surface area contributed by atoms with Crippen LogP contribution in [0.2, 0.25) is 0 Å². The molecule has 1 aliphatic heterocycles. The van der Waals surface area contributed by atoms with Gasteiger partial charge in [0, 0.05) is 18.3 Å². The van der Waals surface area contributed by atoms with Gasteiger partial charge in [-0.15, -0.1) is 0 Å². The van der Waals surface area contributed by atoms with Crippen LogP contribution in [0.4, 0.5) is 13.2 Å². The molecule has 20 heteroatoms. The van der Waals surface area contributed by atoms with E-state index in [-0.39, 0.29) is 54.1 Å². The summed E-state index contributed by atoms with van der Waals surface area (Å²) in [5, 5.41) is 3.94. The highest BCUT2D eigenvalue weighted by molar-refractivity contribution is 7.86. The Morgan fingerprint density at radius 2 is 1.25 bits per heavy atom. The lowest BCUT2D eigenvalue weighted by atomic mass is 9.79. The lowest BCUT2D eigenvalue weighted by Crippen LogP contribution is -2.39. The van der Waals surface area contributed by atoms with Crippen LogP contribution < -0.4 is 4.74 Å². The molecule has 488 valence electrons. The van der Waals surface area contributed by atoms with Gasteiger partial charge in [0.05, 0.1) is 23.5 Å². The molecule has 0 spiro atoms. The lowest BCUT2D eigenvalue weighted by Gasteiger charge is -2.36. The summed E-state index contributed by atoms with van der Waals surface area (Å²) in [6.45, 7) is 20.7. The van der Waals surface area contributed by atoms with Gasteiger partial charge in [0.25, 0.3) is 0 Å². The number of halogens is 3. The minimum Gasteiger partial charge on any atom is -0.780 e. The summed E-state index contributed by atoms with van der Waals surface area (Å²) in [6, 6.07) is 32.0. The van der Waals surface area contributed by atoms with Gasteiger partial charge in [-0.2, -0.15) is 13.7 Å². The Hall–Kier alpha value is -6.25. The first-order chi connectivity index (χ1) is 41.4. The van der Waals surface area contributed by atoms with Gasteiger partial charge in [-0.05, 0) is 156 Å². The summed E-state index contributed by atoms with van der Waals surface area (Å²) in [6.07, 6.45) is 6.56. The number of ether oxygens (including phenoxy) is 6. The molecule has 3 saturated carbocycles. The minimum absolute atomic E-state index is 0.00636. The van der Waals surface area contributed by atoms with Crippen LogP contribution in [0.5, 0.6) is 11.5 Å². The van der Waals surface area contributed by atoms with Gasteiger partial charge < -0.3 is 50.7 Å². The number of rotatable bonds is 22. The first kappa shape index (κ1) is 74.2. The maximum absolute atomic E-state index is 13.2. The number of esters is 5. The third kappa shape index (κ3) is 22.4. The summed E-state index contributed by atoms with van der Waals surface area (Å²) in [4.78, 5) is 60.2. The number of phenolic OH excluding ortho intramolecular Hbond substituents is 1. The Kier molecular flexibility index (Phi) is 29.2. The number of alkyl halides is 3. The number of hydrogen-bond donors (Lipinski definition) is 1. The fourth-order valence-electron chi connectivity index (χ4n) is 10.4. The summed E-state index contributed by atoms with van der Waals surface area (Å²) >= 11 is 4.81. The zero-order chi connectivity index (χ0) is 65.6. The summed E-state index contributed by atoms with van der Waals surface area (Å²) in [7, 11) is -6.13. The van der Waals surface area contributed by atoms with Crippen LogP contribution in [0.1, 0.15) is 198 Å². The Bertz CT molecular complexity index is 2920. The summed E-state index contributed by atoms with van der Waals surface area (Å²) in [5.74, 6) is 0.823. The molecule has 15 nitrogen and oxygen atoms in total. The van der Waals surface area contributed by atoms with Crippen LogP contribution in [-0.2, 0) is 65.6 Å². The van der Waals surface area contributed by atoms with Crippen molar-refractivity contribution in [3.8, 4) is 11.5 Å². The highest BCUT2D eigenvalue weighted by Gasteiger charge is 2.63. The van der Waals surface area contributed by atoms with Crippen molar-refractivity contribution >= 4 is 52.6 Å². The SMILES string of the molecule is CCC(C)(C)C(=O)OCC(=O)OC1C2CC3C(=O)OC1C3C2.CCC(C)c1ccc(C(=O)OC(C)(C)C2CCCCC2)cc1.CCC(C)c1ccc(O)cc1.CCC(C)c1ccc(OCC(=O)OCCC(F)C(F)(F)S(=O)(=O)[O-])cc1.[S-]c1ccccc1. The first-order valence-electron chi connectivity index (χ1n) is 30.7. The van der Waals surface area contributed by atoms with E-state index in [1.54, 1.807) is 38.1 Å². The molecule has 4 aromatic rings. The van der Waals surface area contributed by atoms with Gasteiger partial charge in [-0.3, -0.25) is 9.59 Å². The molecule has 2 bridgehead atoms. The average Bonchev–Trinajstić information content (AvgIpc) is 2.61. The van der Waals surface area contributed by atoms with E-state index in [0.717, 1.165) is 42.6 Å². The van der Waals surface area contributed by atoms with Crippen LogP contribution in [0.25, 0.3) is 0 Å². The number of aromatic hydroxyl groups is 1. The van der Waals surface area contributed by atoms with Crippen molar-refractivity contribution in [2.75, 3.05) is 19.8 Å². The highest BCUT2D eigenvalue weighted by Crippen LogP contribution is 2.55.